The third-order valence-electron chi connectivity index (χ3n) is 5.92. The summed E-state index contributed by atoms with van der Waals surface area (Å²) in [4.78, 5) is 0. The van der Waals surface area contributed by atoms with Gasteiger partial charge < -0.3 is 4.57 Å². The third kappa shape index (κ3) is 1.71. The first-order valence-electron chi connectivity index (χ1n) is 9.55. The standard InChI is InChI=1S/C26H15NS/c1-2-8-18(9-3-1)27-21-11-6-7-16-13-14-17-15-20-19-10-4-5-12-22(19)28-26(20)25(27)24(17)23(16)21/h1-15H. The van der Waals surface area contributed by atoms with Crippen LogP contribution in [0.25, 0.3) is 58.4 Å². The van der Waals surface area contributed by atoms with Crippen molar-refractivity contribution in [1.29, 1.82) is 0 Å². The van der Waals surface area contributed by atoms with Gasteiger partial charge in [-0.25, -0.2) is 0 Å². The van der Waals surface area contributed by atoms with Crippen LogP contribution in [0.15, 0.2) is 91.0 Å². The van der Waals surface area contributed by atoms with Gasteiger partial charge in [0.1, 0.15) is 0 Å². The fourth-order valence-electron chi connectivity index (χ4n) is 4.77. The molecular weight excluding hydrogens is 358 g/mol. The molecule has 2 aromatic heterocycles. The monoisotopic (exact) mass is 373 g/mol. The van der Waals surface area contributed by atoms with Crippen molar-refractivity contribution in [3.8, 4) is 5.69 Å². The number of thiophene rings is 1. The molecule has 0 radical (unpaired) electrons. The zero-order chi connectivity index (χ0) is 18.2. The van der Waals surface area contributed by atoms with Crippen molar-refractivity contribution in [2.24, 2.45) is 0 Å². The maximum absolute atomic E-state index is 2.46. The fourth-order valence-corrected chi connectivity index (χ4v) is 5.99. The number of aromatic nitrogens is 1. The largest absolute Gasteiger partial charge is 0.308 e. The van der Waals surface area contributed by atoms with Gasteiger partial charge in [-0.1, -0.05) is 60.7 Å². The summed E-state index contributed by atoms with van der Waals surface area (Å²) in [6, 6.07) is 33.1. The van der Waals surface area contributed by atoms with Gasteiger partial charge in [0.15, 0.2) is 0 Å². The molecule has 7 rings (SSSR count). The average molecular weight is 373 g/mol. The fraction of sp³-hybridized carbons (Fsp3) is 0. The first kappa shape index (κ1) is 14.7. The Morgan fingerprint density at radius 3 is 2.36 bits per heavy atom. The van der Waals surface area contributed by atoms with Crippen molar-refractivity contribution in [3.63, 3.8) is 0 Å². The Bertz CT molecular complexity index is 1650. The number of para-hydroxylation sites is 1. The van der Waals surface area contributed by atoms with Crippen LogP contribution >= 0.6 is 11.3 Å². The first-order valence-corrected chi connectivity index (χ1v) is 10.4. The lowest BCUT2D eigenvalue weighted by Crippen LogP contribution is -1.93. The Kier molecular flexibility index (Phi) is 2.68. The quantitative estimate of drug-likeness (QED) is 0.259. The van der Waals surface area contributed by atoms with Crippen molar-refractivity contribution in [1.82, 2.24) is 4.57 Å². The van der Waals surface area contributed by atoms with Gasteiger partial charge in [0.2, 0.25) is 0 Å². The Balaban J connectivity index is 1.87. The second kappa shape index (κ2) is 5.12. The molecular formula is C26H15NS. The van der Waals surface area contributed by atoms with E-state index in [-0.39, 0.29) is 0 Å². The van der Waals surface area contributed by atoms with Gasteiger partial charge in [0.25, 0.3) is 0 Å². The molecule has 5 aromatic carbocycles. The maximum atomic E-state index is 2.46. The molecule has 0 aliphatic rings. The van der Waals surface area contributed by atoms with Crippen molar-refractivity contribution < 1.29 is 0 Å². The number of benzene rings is 5. The highest BCUT2D eigenvalue weighted by Gasteiger charge is 2.20. The number of hydrogen-bond donors (Lipinski definition) is 0. The van der Waals surface area contributed by atoms with Crippen LogP contribution in [0, 0.1) is 0 Å². The molecule has 0 spiro atoms. The van der Waals surface area contributed by atoms with E-state index in [1.807, 2.05) is 11.3 Å². The minimum absolute atomic E-state index is 1.22. The van der Waals surface area contributed by atoms with E-state index < -0.39 is 0 Å². The molecule has 1 nitrogen and oxygen atoms in total. The lowest BCUT2D eigenvalue weighted by atomic mass is 10.00. The van der Waals surface area contributed by atoms with Gasteiger partial charge >= 0.3 is 0 Å². The molecule has 130 valence electrons. The molecule has 0 saturated heterocycles. The van der Waals surface area contributed by atoms with E-state index in [1.54, 1.807) is 0 Å². The molecule has 2 heterocycles. The third-order valence-corrected chi connectivity index (χ3v) is 7.11. The van der Waals surface area contributed by atoms with Crippen LogP contribution in [0.5, 0.6) is 0 Å². The van der Waals surface area contributed by atoms with Crippen LogP contribution in [0.4, 0.5) is 0 Å². The molecule has 0 amide bonds. The number of rotatable bonds is 1. The molecule has 28 heavy (non-hydrogen) atoms. The molecule has 0 bridgehead atoms. The molecule has 0 unspecified atom stereocenters. The minimum atomic E-state index is 1.22. The van der Waals surface area contributed by atoms with Crippen LogP contribution in [-0.2, 0) is 0 Å². The van der Waals surface area contributed by atoms with Gasteiger partial charge in [-0.15, -0.1) is 11.3 Å². The van der Waals surface area contributed by atoms with Crippen molar-refractivity contribution in [2.75, 3.05) is 0 Å². The van der Waals surface area contributed by atoms with Crippen LogP contribution in [0.2, 0.25) is 0 Å². The summed E-state index contributed by atoms with van der Waals surface area (Å²) in [7, 11) is 0. The zero-order valence-corrected chi connectivity index (χ0v) is 15.8. The first-order chi connectivity index (χ1) is 13.9. The van der Waals surface area contributed by atoms with Gasteiger partial charge in [-0.05, 0) is 41.1 Å². The topological polar surface area (TPSA) is 4.93 Å². The van der Waals surface area contributed by atoms with Crippen LogP contribution in [-0.4, -0.2) is 4.57 Å². The van der Waals surface area contributed by atoms with Crippen LogP contribution in [0.3, 0.4) is 0 Å². The van der Waals surface area contributed by atoms with Gasteiger partial charge in [0.05, 0.1) is 15.7 Å². The Morgan fingerprint density at radius 2 is 1.43 bits per heavy atom. The predicted octanol–water partition coefficient (Wildman–Crippen LogP) is 7.74. The summed E-state index contributed by atoms with van der Waals surface area (Å²) in [6.45, 7) is 0. The molecule has 7 aromatic rings. The highest BCUT2D eigenvalue weighted by atomic mass is 32.1. The minimum Gasteiger partial charge on any atom is -0.308 e. The van der Waals surface area contributed by atoms with Crippen LogP contribution < -0.4 is 0 Å². The molecule has 0 N–H and O–H groups in total. The average Bonchev–Trinajstić information content (AvgIpc) is 3.29. The number of hydrogen-bond acceptors (Lipinski definition) is 1. The van der Waals surface area contributed by atoms with E-state index in [9.17, 15) is 0 Å². The Labute approximate surface area is 165 Å². The van der Waals surface area contributed by atoms with Crippen LogP contribution in [0.1, 0.15) is 0 Å². The zero-order valence-electron chi connectivity index (χ0n) is 15.0. The Morgan fingerprint density at radius 1 is 0.607 bits per heavy atom. The Hall–Kier alpha value is -3.36. The summed E-state index contributed by atoms with van der Waals surface area (Å²) in [5.41, 5.74) is 3.85. The van der Waals surface area contributed by atoms with E-state index in [1.165, 1.54) is 58.4 Å². The van der Waals surface area contributed by atoms with Crippen molar-refractivity contribution in [2.45, 2.75) is 0 Å². The lowest BCUT2D eigenvalue weighted by molar-refractivity contribution is 1.19. The van der Waals surface area contributed by atoms with E-state index >= 15 is 0 Å². The van der Waals surface area contributed by atoms with E-state index in [0.717, 1.165) is 0 Å². The van der Waals surface area contributed by atoms with Gasteiger partial charge in [-0.3, -0.25) is 0 Å². The highest BCUT2D eigenvalue weighted by molar-refractivity contribution is 7.26. The molecule has 0 aliphatic heterocycles. The number of nitrogens with zero attached hydrogens (tertiary/aromatic N) is 1. The molecule has 2 heteroatoms. The van der Waals surface area contributed by atoms with Crippen molar-refractivity contribution >= 4 is 64.1 Å². The van der Waals surface area contributed by atoms with Gasteiger partial charge in [0, 0.05) is 31.9 Å². The summed E-state index contributed by atoms with van der Waals surface area (Å²) >= 11 is 1.91. The second-order valence-electron chi connectivity index (χ2n) is 7.41. The molecule has 0 atom stereocenters. The smallest absolute Gasteiger partial charge is 0.0726 e. The maximum Gasteiger partial charge on any atom is 0.0726 e. The molecule has 0 aliphatic carbocycles. The number of fused-ring (bicyclic) bond motifs is 4. The van der Waals surface area contributed by atoms with E-state index in [0.29, 0.717) is 0 Å². The SMILES string of the molecule is c1ccc(-n2c3cccc4ccc5cc6c7ccccc7sc6c2c5c43)cc1. The van der Waals surface area contributed by atoms with E-state index in [4.69, 9.17) is 0 Å². The summed E-state index contributed by atoms with van der Waals surface area (Å²) in [6.07, 6.45) is 0. The normalized spacial score (nSPS) is 12.3. The lowest BCUT2D eigenvalue weighted by Gasteiger charge is -2.08. The predicted molar refractivity (Wildman–Crippen MR) is 122 cm³/mol. The molecule has 0 fully saturated rings. The van der Waals surface area contributed by atoms with Gasteiger partial charge in [-0.2, -0.15) is 0 Å². The summed E-state index contributed by atoms with van der Waals surface area (Å²) in [5.74, 6) is 0. The van der Waals surface area contributed by atoms with E-state index in [2.05, 4.69) is 95.6 Å². The summed E-state index contributed by atoms with van der Waals surface area (Å²) in [5, 5.41) is 8.10. The summed E-state index contributed by atoms with van der Waals surface area (Å²) < 4.78 is 5.19. The second-order valence-corrected chi connectivity index (χ2v) is 8.46. The highest BCUT2D eigenvalue weighted by Crippen LogP contribution is 2.46. The molecule has 0 saturated carbocycles. The van der Waals surface area contributed by atoms with Crippen molar-refractivity contribution in [3.05, 3.63) is 91.0 Å².